The fourth-order valence-electron chi connectivity index (χ4n) is 2.15. The molecule has 0 aliphatic heterocycles. The zero-order valence-corrected chi connectivity index (χ0v) is 14.2. The molecule has 0 bridgehead atoms. The lowest BCUT2D eigenvalue weighted by atomic mass is 10.2. The summed E-state index contributed by atoms with van der Waals surface area (Å²) in [6.45, 7) is 4.18. The van der Waals surface area contributed by atoms with E-state index in [0.29, 0.717) is 23.1 Å². The summed E-state index contributed by atoms with van der Waals surface area (Å²) in [4.78, 5) is 30.8. The number of aromatic nitrogens is 5. The first-order valence-electron chi connectivity index (χ1n) is 7.85. The van der Waals surface area contributed by atoms with Crippen molar-refractivity contribution in [3.8, 4) is 11.4 Å². The highest BCUT2D eigenvalue weighted by atomic mass is 16.5. The molecule has 0 unspecified atom stereocenters. The fraction of sp³-hybridized carbons (Fsp3) is 0.294. The number of hydrogen-bond donors (Lipinski definition) is 0. The third-order valence-electron chi connectivity index (χ3n) is 3.52. The number of rotatable bonds is 5. The smallest absolute Gasteiger partial charge is 0.257 e. The summed E-state index contributed by atoms with van der Waals surface area (Å²) in [5.74, 6) is 1.48. The van der Waals surface area contributed by atoms with Crippen molar-refractivity contribution in [1.82, 2.24) is 30.0 Å². The molecular weight excluding hydrogens is 320 g/mol. The van der Waals surface area contributed by atoms with Crippen molar-refractivity contribution in [3.05, 3.63) is 54.2 Å². The van der Waals surface area contributed by atoms with Crippen LogP contribution in [0.3, 0.4) is 0 Å². The van der Waals surface area contributed by atoms with Crippen LogP contribution in [-0.2, 0) is 6.54 Å². The highest BCUT2D eigenvalue weighted by Gasteiger charge is 2.17. The number of nitrogens with zero attached hydrogens (tertiary/aromatic N) is 6. The summed E-state index contributed by atoms with van der Waals surface area (Å²) in [7, 11) is 1.67. The first-order chi connectivity index (χ1) is 12.0. The maximum Gasteiger partial charge on any atom is 0.257 e. The lowest BCUT2D eigenvalue weighted by Gasteiger charge is -2.14. The monoisotopic (exact) mass is 338 g/mol. The average molecular weight is 338 g/mol. The van der Waals surface area contributed by atoms with Gasteiger partial charge in [-0.15, -0.1) is 0 Å². The molecule has 0 N–H and O–H groups in total. The molecule has 0 aromatic carbocycles. The van der Waals surface area contributed by atoms with E-state index in [1.165, 1.54) is 17.3 Å². The molecule has 0 aliphatic rings. The van der Waals surface area contributed by atoms with Crippen LogP contribution in [-0.4, -0.2) is 42.9 Å². The van der Waals surface area contributed by atoms with Crippen LogP contribution in [0.4, 0.5) is 0 Å². The summed E-state index contributed by atoms with van der Waals surface area (Å²) in [6, 6.07) is 3.67. The molecule has 0 spiro atoms. The van der Waals surface area contributed by atoms with Gasteiger partial charge in [-0.25, -0.2) is 9.97 Å². The van der Waals surface area contributed by atoms with Gasteiger partial charge in [0.15, 0.2) is 11.6 Å². The Morgan fingerprint density at radius 3 is 2.60 bits per heavy atom. The predicted octanol–water partition coefficient (Wildman–Crippen LogP) is 2.32. The van der Waals surface area contributed by atoms with E-state index in [1.54, 1.807) is 19.4 Å². The van der Waals surface area contributed by atoms with Crippen molar-refractivity contribution in [2.24, 2.45) is 0 Å². The molecule has 1 amide bonds. The Hall–Kier alpha value is -3.16. The van der Waals surface area contributed by atoms with E-state index < -0.39 is 0 Å². The molecule has 0 atom stereocenters. The highest BCUT2D eigenvalue weighted by Crippen LogP contribution is 2.14. The van der Waals surface area contributed by atoms with E-state index >= 15 is 0 Å². The topological polar surface area (TPSA) is 97.9 Å². The van der Waals surface area contributed by atoms with Crippen molar-refractivity contribution in [2.75, 3.05) is 7.05 Å². The zero-order valence-electron chi connectivity index (χ0n) is 14.2. The number of hydrogen-bond acceptors (Lipinski definition) is 7. The molecule has 3 aromatic rings. The largest absolute Gasteiger partial charge is 0.339 e. The molecule has 8 nitrogen and oxygen atoms in total. The molecular formula is C17H18N6O2. The molecule has 3 aromatic heterocycles. The van der Waals surface area contributed by atoms with Gasteiger partial charge in [0.1, 0.15) is 0 Å². The summed E-state index contributed by atoms with van der Waals surface area (Å²) in [6.07, 6.45) is 6.36. The Balaban J connectivity index is 1.69. The number of carbonyl (C=O) groups excluding carboxylic acids is 1. The van der Waals surface area contributed by atoms with Gasteiger partial charge in [0, 0.05) is 43.3 Å². The van der Waals surface area contributed by atoms with E-state index in [1.807, 2.05) is 26.0 Å². The van der Waals surface area contributed by atoms with Crippen molar-refractivity contribution in [2.45, 2.75) is 26.3 Å². The molecule has 128 valence electrons. The van der Waals surface area contributed by atoms with Gasteiger partial charge < -0.3 is 9.42 Å². The molecule has 0 saturated carbocycles. The standard InChI is InChI=1S/C17H18N6O2/c1-11(2)16-21-14(22-25-16)10-23(3)17(24)13-8-19-15(20-9-13)12-5-4-6-18-7-12/h4-9,11H,10H2,1-3H3. The van der Waals surface area contributed by atoms with E-state index in [2.05, 4.69) is 25.1 Å². The Morgan fingerprint density at radius 1 is 1.24 bits per heavy atom. The van der Waals surface area contributed by atoms with E-state index in [9.17, 15) is 4.79 Å². The third-order valence-corrected chi connectivity index (χ3v) is 3.52. The normalized spacial score (nSPS) is 10.9. The van der Waals surface area contributed by atoms with E-state index in [0.717, 1.165) is 5.56 Å². The fourth-order valence-corrected chi connectivity index (χ4v) is 2.15. The van der Waals surface area contributed by atoms with Crippen molar-refractivity contribution < 1.29 is 9.32 Å². The highest BCUT2D eigenvalue weighted by molar-refractivity contribution is 5.93. The Labute approximate surface area is 145 Å². The summed E-state index contributed by atoms with van der Waals surface area (Å²) in [5, 5.41) is 3.89. The van der Waals surface area contributed by atoms with Crippen LogP contribution < -0.4 is 0 Å². The van der Waals surface area contributed by atoms with E-state index in [-0.39, 0.29) is 18.4 Å². The van der Waals surface area contributed by atoms with Gasteiger partial charge in [-0.05, 0) is 12.1 Å². The number of carbonyl (C=O) groups is 1. The minimum Gasteiger partial charge on any atom is -0.339 e. The lowest BCUT2D eigenvalue weighted by molar-refractivity contribution is 0.0780. The summed E-state index contributed by atoms with van der Waals surface area (Å²) < 4.78 is 5.15. The van der Waals surface area contributed by atoms with Gasteiger partial charge in [0.2, 0.25) is 5.89 Å². The second-order valence-corrected chi connectivity index (χ2v) is 5.90. The minimum absolute atomic E-state index is 0.149. The van der Waals surface area contributed by atoms with Gasteiger partial charge in [-0.1, -0.05) is 19.0 Å². The summed E-state index contributed by atoms with van der Waals surface area (Å²) in [5.41, 5.74) is 1.19. The molecule has 0 radical (unpaired) electrons. The van der Waals surface area contributed by atoms with Crippen LogP contribution in [0.1, 0.15) is 41.8 Å². The quantitative estimate of drug-likeness (QED) is 0.704. The van der Waals surface area contributed by atoms with E-state index in [4.69, 9.17) is 4.52 Å². The molecule has 8 heteroatoms. The molecule has 3 heterocycles. The Kier molecular flexibility index (Phi) is 4.78. The first-order valence-corrected chi connectivity index (χ1v) is 7.85. The van der Waals surface area contributed by atoms with Crippen LogP contribution in [0.15, 0.2) is 41.4 Å². The number of pyridine rings is 1. The van der Waals surface area contributed by atoms with Crippen molar-refractivity contribution in [3.63, 3.8) is 0 Å². The second kappa shape index (κ2) is 7.16. The SMILES string of the molecule is CC(C)c1nc(CN(C)C(=O)c2cnc(-c3cccnc3)nc2)no1. The summed E-state index contributed by atoms with van der Waals surface area (Å²) >= 11 is 0. The van der Waals surface area contributed by atoms with Gasteiger partial charge in [-0.2, -0.15) is 4.98 Å². The Morgan fingerprint density at radius 2 is 2.00 bits per heavy atom. The molecule has 0 saturated heterocycles. The molecule has 3 rings (SSSR count). The zero-order chi connectivity index (χ0) is 17.8. The van der Waals surface area contributed by atoms with Crippen LogP contribution >= 0.6 is 0 Å². The molecule has 25 heavy (non-hydrogen) atoms. The molecule has 0 aliphatic carbocycles. The number of amides is 1. The van der Waals surface area contributed by atoms with Crippen molar-refractivity contribution >= 4 is 5.91 Å². The predicted molar refractivity (Wildman–Crippen MR) is 89.4 cm³/mol. The second-order valence-electron chi connectivity index (χ2n) is 5.90. The van der Waals surface area contributed by atoms with Crippen molar-refractivity contribution in [1.29, 1.82) is 0 Å². The lowest BCUT2D eigenvalue weighted by Crippen LogP contribution is -2.27. The third kappa shape index (κ3) is 3.85. The maximum atomic E-state index is 12.5. The molecule has 0 fully saturated rings. The van der Waals surface area contributed by atoms with Gasteiger partial charge in [-0.3, -0.25) is 9.78 Å². The van der Waals surface area contributed by atoms with Crippen LogP contribution in [0, 0.1) is 0 Å². The average Bonchev–Trinajstić information content (AvgIpc) is 3.11. The Bertz CT molecular complexity index is 845. The van der Waals surface area contributed by atoms with Gasteiger partial charge in [0.05, 0.1) is 12.1 Å². The first kappa shape index (κ1) is 16.7. The van der Waals surface area contributed by atoms with Crippen LogP contribution in [0.2, 0.25) is 0 Å². The van der Waals surface area contributed by atoms with Gasteiger partial charge >= 0.3 is 0 Å². The minimum atomic E-state index is -0.214. The van der Waals surface area contributed by atoms with Crippen LogP contribution in [0.25, 0.3) is 11.4 Å². The van der Waals surface area contributed by atoms with Gasteiger partial charge in [0.25, 0.3) is 5.91 Å². The maximum absolute atomic E-state index is 12.5. The van der Waals surface area contributed by atoms with Crippen LogP contribution in [0.5, 0.6) is 0 Å².